The summed E-state index contributed by atoms with van der Waals surface area (Å²) >= 11 is 7.12. The maximum atomic E-state index is 12.7. The van der Waals surface area contributed by atoms with Crippen LogP contribution in [0.1, 0.15) is 39.0 Å². The molecule has 4 amide bonds. The molecule has 0 saturated carbocycles. The molecular weight excluding hydrogens is 424 g/mol. The van der Waals surface area contributed by atoms with E-state index in [0.717, 1.165) is 31.5 Å². The molecule has 1 aliphatic heterocycles. The number of benzene rings is 1. The van der Waals surface area contributed by atoms with Gasteiger partial charge >= 0.3 is 6.03 Å². The minimum atomic E-state index is -0.672. The average molecular weight is 449 g/mol. The van der Waals surface area contributed by atoms with Crippen molar-refractivity contribution in [1.29, 1.82) is 0 Å². The zero-order valence-electron chi connectivity index (χ0n) is 16.7. The third-order valence-corrected chi connectivity index (χ3v) is 5.93. The number of amides is 4. The Morgan fingerprint density at radius 2 is 1.90 bits per heavy atom. The van der Waals surface area contributed by atoms with Crippen LogP contribution in [0.25, 0.3) is 0 Å². The number of halogens is 1. The van der Waals surface area contributed by atoms with Crippen LogP contribution in [0.4, 0.5) is 21.2 Å². The van der Waals surface area contributed by atoms with Crippen LogP contribution in [-0.4, -0.2) is 30.4 Å². The lowest BCUT2D eigenvalue weighted by molar-refractivity contribution is -0.119. The van der Waals surface area contributed by atoms with Crippen molar-refractivity contribution in [3.8, 4) is 0 Å². The van der Waals surface area contributed by atoms with Gasteiger partial charge in [-0.05, 0) is 55.7 Å². The molecule has 0 spiro atoms. The van der Waals surface area contributed by atoms with Crippen molar-refractivity contribution in [2.24, 2.45) is 0 Å². The lowest BCUT2D eigenvalue weighted by Gasteiger charge is -2.27. The van der Waals surface area contributed by atoms with Crippen LogP contribution in [0.15, 0.2) is 36.4 Å². The number of hydrogen-bond acceptors (Lipinski definition) is 4. The molecule has 2 heterocycles. The van der Waals surface area contributed by atoms with Gasteiger partial charge in [0.15, 0.2) is 0 Å². The van der Waals surface area contributed by atoms with E-state index in [0.29, 0.717) is 27.9 Å². The summed E-state index contributed by atoms with van der Waals surface area (Å²) in [4.78, 5) is 38.8. The smallest absolute Gasteiger partial charge is 0.320 e. The van der Waals surface area contributed by atoms with E-state index in [4.69, 9.17) is 11.6 Å². The van der Waals surface area contributed by atoms with Gasteiger partial charge in [0.25, 0.3) is 0 Å². The van der Waals surface area contributed by atoms with Crippen molar-refractivity contribution in [3.63, 3.8) is 0 Å². The Kier molecular flexibility index (Phi) is 7.70. The van der Waals surface area contributed by atoms with Gasteiger partial charge in [-0.1, -0.05) is 24.9 Å². The third-order valence-electron chi connectivity index (χ3n) is 4.78. The van der Waals surface area contributed by atoms with Gasteiger partial charge in [-0.25, -0.2) is 4.79 Å². The molecule has 1 atom stereocenters. The SMILES string of the molecule is CCC[C@@H](NC(=O)Nc1ccc(Cl)s1)C(=O)Nc1ccc(N2CCCCC2=O)cc1. The Morgan fingerprint density at radius 3 is 2.53 bits per heavy atom. The zero-order chi connectivity index (χ0) is 21.5. The van der Waals surface area contributed by atoms with Crippen LogP contribution >= 0.6 is 22.9 Å². The Balaban J connectivity index is 1.58. The molecule has 0 unspecified atom stereocenters. The molecular formula is C21H25ClN4O3S. The predicted molar refractivity (Wildman–Crippen MR) is 121 cm³/mol. The van der Waals surface area contributed by atoms with E-state index in [1.807, 2.05) is 19.1 Å². The number of carbonyl (C=O) groups excluding carboxylic acids is 3. The molecule has 2 aromatic rings. The number of thiophene rings is 1. The van der Waals surface area contributed by atoms with Crippen LogP contribution in [0, 0.1) is 0 Å². The number of nitrogens with zero attached hydrogens (tertiary/aromatic N) is 1. The second kappa shape index (κ2) is 10.4. The quantitative estimate of drug-likeness (QED) is 0.565. The molecule has 0 bridgehead atoms. The number of urea groups is 1. The summed E-state index contributed by atoms with van der Waals surface area (Å²) in [5.74, 6) is -0.165. The molecule has 3 rings (SSSR count). The monoisotopic (exact) mass is 448 g/mol. The van der Waals surface area contributed by atoms with Crippen LogP contribution in [0.2, 0.25) is 4.34 Å². The van der Waals surface area contributed by atoms with Crippen LogP contribution < -0.4 is 20.9 Å². The summed E-state index contributed by atoms with van der Waals surface area (Å²) < 4.78 is 0.572. The Hall–Kier alpha value is -2.58. The largest absolute Gasteiger partial charge is 0.326 e. The molecule has 9 heteroatoms. The fraction of sp³-hybridized carbons (Fsp3) is 0.381. The van der Waals surface area contributed by atoms with Crippen molar-refractivity contribution in [2.75, 3.05) is 22.1 Å². The fourth-order valence-corrected chi connectivity index (χ4v) is 4.22. The standard InChI is InChI=1S/C21H25ClN4O3S/c1-2-5-16(24-21(29)25-18-12-11-17(22)30-18)20(28)23-14-7-9-15(10-8-14)26-13-4-3-6-19(26)27/h7-12,16H,2-6,13H2,1H3,(H,23,28)(H2,24,25,29)/t16-/m1/s1. The zero-order valence-corrected chi connectivity index (χ0v) is 18.3. The van der Waals surface area contributed by atoms with Gasteiger partial charge in [-0.2, -0.15) is 0 Å². The number of piperidine rings is 1. The van der Waals surface area contributed by atoms with E-state index in [2.05, 4.69) is 16.0 Å². The highest BCUT2D eigenvalue weighted by Gasteiger charge is 2.22. The lowest BCUT2D eigenvalue weighted by atomic mass is 10.1. The maximum absolute atomic E-state index is 12.7. The molecule has 7 nitrogen and oxygen atoms in total. The minimum absolute atomic E-state index is 0.128. The highest BCUT2D eigenvalue weighted by Crippen LogP contribution is 2.26. The fourth-order valence-electron chi connectivity index (χ4n) is 3.28. The summed E-state index contributed by atoms with van der Waals surface area (Å²) in [6.45, 7) is 2.67. The van der Waals surface area contributed by atoms with Crippen LogP contribution in [-0.2, 0) is 9.59 Å². The average Bonchev–Trinajstić information content (AvgIpc) is 3.13. The van der Waals surface area contributed by atoms with E-state index in [-0.39, 0.29) is 11.8 Å². The van der Waals surface area contributed by atoms with E-state index < -0.39 is 12.1 Å². The number of anilines is 3. The molecule has 30 heavy (non-hydrogen) atoms. The van der Waals surface area contributed by atoms with E-state index in [1.54, 1.807) is 29.2 Å². The summed E-state index contributed by atoms with van der Waals surface area (Å²) in [6, 6.07) is 9.46. The molecule has 1 fully saturated rings. The van der Waals surface area contributed by atoms with Crippen molar-refractivity contribution >= 4 is 57.2 Å². The maximum Gasteiger partial charge on any atom is 0.320 e. The topological polar surface area (TPSA) is 90.5 Å². The first-order chi connectivity index (χ1) is 14.5. The van der Waals surface area contributed by atoms with E-state index in [1.165, 1.54) is 11.3 Å². The van der Waals surface area contributed by atoms with E-state index in [9.17, 15) is 14.4 Å². The molecule has 1 saturated heterocycles. The van der Waals surface area contributed by atoms with Gasteiger partial charge in [-0.3, -0.25) is 14.9 Å². The Bertz CT molecular complexity index is 900. The number of rotatable bonds is 7. The van der Waals surface area contributed by atoms with Crippen molar-refractivity contribution in [3.05, 3.63) is 40.7 Å². The molecule has 0 radical (unpaired) electrons. The normalized spacial score (nSPS) is 14.9. The number of hydrogen-bond donors (Lipinski definition) is 3. The summed E-state index contributed by atoms with van der Waals surface area (Å²) in [5, 5.41) is 8.84. The summed E-state index contributed by atoms with van der Waals surface area (Å²) in [7, 11) is 0. The van der Waals surface area contributed by atoms with Gasteiger partial charge in [0.2, 0.25) is 11.8 Å². The second-order valence-corrected chi connectivity index (χ2v) is 8.80. The van der Waals surface area contributed by atoms with Crippen LogP contribution in [0.3, 0.4) is 0 Å². The van der Waals surface area contributed by atoms with Gasteiger partial charge in [0, 0.05) is 24.3 Å². The van der Waals surface area contributed by atoms with Crippen molar-refractivity contribution in [1.82, 2.24) is 5.32 Å². The molecule has 3 N–H and O–H groups in total. The first-order valence-corrected chi connectivity index (χ1v) is 11.2. The van der Waals surface area contributed by atoms with Gasteiger partial charge in [0.1, 0.15) is 6.04 Å². The number of carbonyl (C=O) groups is 3. The highest BCUT2D eigenvalue weighted by atomic mass is 35.5. The second-order valence-electron chi connectivity index (χ2n) is 7.08. The first-order valence-electron chi connectivity index (χ1n) is 10.0. The first kappa shape index (κ1) is 22.1. The van der Waals surface area contributed by atoms with Gasteiger partial charge in [-0.15, -0.1) is 11.3 Å². The van der Waals surface area contributed by atoms with Crippen LogP contribution in [0.5, 0.6) is 0 Å². The molecule has 160 valence electrons. The third kappa shape index (κ3) is 5.96. The summed E-state index contributed by atoms with van der Waals surface area (Å²) in [5.41, 5.74) is 1.44. The number of nitrogens with one attached hydrogen (secondary N) is 3. The predicted octanol–water partition coefficient (Wildman–Crippen LogP) is 4.85. The molecule has 1 aliphatic rings. The molecule has 1 aromatic carbocycles. The summed E-state index contributed by atoms with van der Waals surface area (Å²) in [6.07, 6.45) is 3.74. The van der Waals surface area contributed by atoms with Crippen molar-refractivity contribution < 1.29 is 14.4 Å². The Morgan fingerprint density at radius 1 is 1.13 bits per heavy atom. The van der Waals surface area contributed by atoms with Gasteiger partial charge < -0.3 is 15.5 Å². The lowest BCUT2D eigenvalue weighted by Crippen LogP contribution is -2.45. The molecule has 1 aromatic heterocycles. The van der Waals surface area contributed by atoms with E-state index >= 15 is 0 Å². The molecule has 0 aliphatic carbocycles. The minimum Gasteiger partial charge on any atom is -0.326 e. The van der Waals surface area contributed by atoms with Gasteiger partial charge in [0.05, 0.1) is 9.34 Å². The highest BCUT2D eigenvalue weighted by molar-refractivity contribution is 7.20. The Labute approximate surface area is 184 Å². The van der Waals surface area contributed by atoms with Crippen molar-refractivity contribution in [2.45, 2.75) is 45.1 Å².